The molecular formula is C12H19N3O6. The van der Waals surface area contributed by atoms with E-state index >= 15 is 0 Å². The van der Waals surface area contributed by atoms with Gasteiger partial charge in [0, 0.05) is 13.2 Å². The molecule has 0 aromatic carbocycles. The van der Waals surface area contributed by atoms with E-state index in [1.54, 1.807) is 7.11 Å². The zero-order valence-corrected chi connectivity index (χ0v) is 11.8. The quantitative estimate of drug-likeness (QED) is 0.359. The molecule has 1 rings (SSSR count). The van der Waals surface area contributed by atoms with Crippen molar-refractivity contribution in [3.05, 3.63) is 22.2 Å². The second-order valence-corrected chi connectivity index (χ2v) is 3.88. The van der Waals surface area contributed by atoms with E-state index in [0.717, 1.165) is 0 Å². The second-order valence-electron chi connectivity index (χ2n) is 3.88. The van der Waals surface area contributed by atoms with Crippen LogP contribution in [0.1, 0.15) is 0 Å². The van der Waals surface area contributed by atoms with Gasteiger partial charge in [-0.15, -0.1) is 0 Å². The van der Waals surface area contributed by atoms with E-state index in [2.05, 4.69) is 4.98 Å². The molecular weight excluding hydrogens is 282 g/mol. The number of nitrogens with two attached hydrogens (primary N) is 1. The summed E-state index contributed by atoms with van der Waals surface area (Å²) in [6.07, 6.45) is 0. The van der Waals surface area contributed by atoms with E-state index in [9.17, 15) is 10.1 Å². The molecule has 1 aromatic rings. The highest BCUT2D eigenvalue weighted by atomic mass is 16.6. The first-order valence-electron chi connectivity index (χ1n) is 6.33. The fourth-order valence-corrected chi connectivity index (χ4v) is 1.35. The summed E-state index contributed by atoms with van der Waals surface area (Å²) < 4.78 is 20.5. The molecule has 0 saturated carbocycles. The first-order valence-corrected chi connectivity index (χ1v) is 6.33. The van der Waals surface area contributed by atoms with Crippen LogP contribution in [0.25, 0.3) is 0 Å². The number of nitrogen functional groups attached to an aromatic ring is 1. The Kier molecular flexibility index (Phi) is 8.02. The summed E-state index contributed by atoms with van der Waals surface area (Å²) in [6.45, 7) is 2.29. The highest BCUT2D eigenvalue weighted by molar-refractivity contribution is 5.46. The maximum Gasteiger partial charge on any atom is 0.331 e. The molecule has 21 heavy (non-hydrogen) atoms. The van der Waals surface area contributed by atoms with E-state index < -0.39 is 4.92 Å². The minimum Gasteiger partial charge on any atom is -0.470 e. The van der Waals surface area contributed by atoms with Crippen molar-refractivity contribution in [2.24, 2.45) is 0 Å². The highest BCUT2D eigenvalue weighted by Crippen LogP contribution is 2.24. The molecule has 0 aliphatic carbocycles. The molecule has 9 nitrogen and oxygen atoms in total. The number of pyridine rings is 1. The van der Waals surface area contributed by atoms with Gasteiger partial charge in [0.05, 0.1) is 38.0 Å². The number of aromatic nitrogens is 1. The van der Waals surface area contributed by atoms with Crippen molar-refractivity contribution in [3.8, 4) is 5.88 Å². The van der Waals surface area contributed by atoms with Gasteiger partial charge in [-0.1, -0.05) is 0 Å². The van der Waals surface area contributed by atoms with Crippen LogP contribution in [0.3, 0.4) is 0 Å². The standard InChI is InChI=1S/C12H19N3O6/c1-18-4-5-19-6-7-20-8-9-21-12-10(15(16)17)2-3-11(13)14-12/h2-3H,4-9H2,1H3,(H2,13,14). The van der Waals surface area contributed by atoms with Gasteiger partial charge in [-0.3, -0.25) is 10.1 Å². The number of methoxy groups -OCH3 is 1. The number of ether oxygens (including phenoxy) is 4. The Morgan fingerprint density at radius 3 is 2.38 bits per heavy atom. The molecule has 1 aromatic heterocycles. The Morgan fingerprint density at radius 1 is 1.14 bits per heavy atom. The summed E-state index contributed by atoms with van der Waals surface area (Å²) in [5, 5.41) is 10.8. The van der Waals surface area contributed by atoms with E-state index in [4.69, 9.17) is 24.7 Å². The van der Waals surface area contributed by atoms with Gasteiger partial charge in [0.1, 0.15) is 12.4 Å². The molecule has 9 heteroatoms. The van der Waals surface area contributed by atoms with Gasteiger partial charge >= 0.3 is 5.69 Å². The smallest absolute Gasteiger partial charge is 0.331 e. The Hall–Kier alpha value is -1.97. The number of anilines is 1. The average Bonchev–Trinajstić information content (AvgIpc) is 2.45. The Labute approximate surface area is 122 Å². The summed E-state index contributed by atoms with van der Waals surface area (Å²) in [5.74, 6) is 0.0445. The van der Waals surface area contributed by atoms with Gasteiger partial charge in [-0.05, 0) is 6.07 Å². The maximum absolute atomic E-state index is 10.8. The van der Waals surface area contributed by atoms with Gasteiger partial charge in [0.15, 0.2) is 0 Å². The lowest BCUT2D eigenvalue weighted by molar-refractivity contribution is -0.386. The van der Waals surface area contributed by atoms with E-state index in [-0.39, 0.29) is 30.6 Å². The Bertz CT molecular complexity index is 443. The summed E-state index contributed by atoms with van der Waals surface area (Å²) in [5.41, 5.74) is 5.24. The molecule has 1 heterocycles. The van der Waals surface area contributed by atoms with E-state index in [0.29, 0.717) is 26.4 Å². The van der Waals surface area contributed by atoms with Gasteiger partial charge in [-0.25, -0.2) is 0 Å². The predicted molar refractivity (Wildman–Crippen MR) is 74.3 cm³/mol. The van der Waals surface area contributed by atoms with Gasteiger partial charge in [0.25, 0.3) is 5.88 Å². The second kappa shape index (κ2) is 9.86. The van der Waals surface area contributed by atoms with Crippen LogP contribution in [0.2, 0.25) is 0 Å². The van der Waals surface area contributed by atoms with Crippen molar-refractivity contribution in [2.75, 3.05) is 52.5 Å². The van der Waals surface area contributed by atoms with Crippen molar-refractivity contribution >= 4 is 11.5 Å². The predicted octanol–water partition coefficient (Wildman–Crippen LogP) is 0.630. The van der Waals surface area contributed by atoms with Crippen LogP contribution >= 0.6 is 0 Å². The van der Waals surface area contributed by atoms with Gasteiger partial charge in [0.2, 0.25) is 0 Å². The van der Waals surface area contributed by atoms with Crippen molar-refractivity contribution < 1.29 is 23.9 Å². The van der Waals surface area contributed by atoms with E-state index in [1.165, 1.54) is 12.1 Å². The minimum absolute atomic E-state index is 0.111. The monoisotopic (exact) mass is 301 g/mol. The summed E-state index contributed by atoms with van der Waals surface area (Å²) in [7, 11) is 1.60. The van der Waals surface area contributed by atoms with Gasteiger partial charge < -0.3 is 24.7 Å². The zero-order valence-electron chi connectivity index (χ0n) is 11.8. The fraction of sp³-hybridized carbons (Fsp3) is 0.583. The normalized spacial score (nSPS) is 10.5. The molecule has 0 unspecified atom stereocenters. The lowest BCUT2D eigenvalue weighted by atomic mass is 10.4. The molecule has 118 valence electrons. The van der Waals surface area contributed by atoms with Crippen LogP contribution < -0.4 is 10.5 Å². The summed E-state index contributed by atoms with van der Waals surface area (Å²) in [6, 6.07) is 2.60. The lowest BCUT2D eigenvalue weighted by Gasteiger charge is -2.07. The molecule has 0 atom stereocenters. The van der Waals surface area contributed by atoms with Crippen molar-refractivity contribution in [1.29, 1.82) is 0 Å². The minimum atomic E-state index is -0.577. The molecule has 0 bridgehead atoms. The van der Waals surface area contributed by atoms with Crippen molar-refractivity contribution in [1.82, 2.24) is 4.98 Å². The van der Waals surface area contributed by atoms with E-state index in [1.807, 2.05) is 0 Å². The maximum atomic E-state index is 10.8. The largest absolute Gasteiger partial charge is 0.470 e. The first kappa shape index (κ1) is 17.1. The van der Waals surface area contributed by atoms with Crippen LogP contribution in [0.15, 0.2) is 12.1 Å². The topological polar surface area (TPSA) is 119 Å². The molecule has 0 saturated heterocycles. The third kappa shape index (κ3) is 6.84. The molecule has 0 aliphatic rings. The third-order valence-corrected chi connectivity index (χ3v) is 2.33. The van der Waals surface area contributed by atoms with Crippen molar-refractivity contribution in [3.63, 3.8) is 0 Å². The number of hydrogen-bond donors (Lipinski definition) is 1. The fourth-order valence-electron chi connectivity index (χ4n) is 1.35. The third-order valence-electron chi connectivity index (χ3n) is 2.33. The van der Waals surface area contributed by atoms with Crippen LogP contribution in [0.4, 0.5) is 11.5 Å². The lowest BCUT2D eigenvalue weighted by Crippen LogP contribution is -2.13. The first-order chi connectivity index (χ1) is 10.1. The Balaban J connectivity index is 2.21. The summed E-state index contributed by atoms with van der Waals surface area (Å²) in [4.78, 5) is 14.0. The number of hydrogen-bond acceptors (Lipinski definition) is 8. The number of rotatable bonds is 11. The molecule has 2 N–H and O–H groups in total. The van der Waals surface area contributed by atoms with Crippen LogP contribution in [0.5, 0.6) is 5.88 Å². The van der Waals surface area contributed by atoms with Crippen LogP contribution in [0, 0.1) is 10.1 Å². The SMILES string of the molecule is COCCOCCOCCOc1nc(N)ccc1[N+](=O)[O-]. The van der Waals surface area contributed by atoms with Gasteiger partial charge in [-0.2, -0.15) is 4.98 Å². The number of nitrogens with zero attached hydrogens (tertiary/aromatic N) is 2. The molecule has 0 aliphatic heterocycles. The van der Waals surface area contributed by atoms with Crippen LogP contribution in [-0.2, 0) is 14.2 Å². The van der Waals surface area contributed by atoms with Crippen LogP contribution in [-0.4, -0.2) is 56.7 Å². The summed E-state index contributed by atoms with van der Waals surface area (Å²) >= 11 is 0. The highest BCUT2D eigenvalue weighted by Gasteiger charge is 2.16. The molecule has 0 fully saturated rings. The average molecular weight is 301 g/mol. The Morgan fingerprint density at radius 2 is 1.76 bits per heavy atom. The van der Waals surface area contributed by atoms with Crippen molar-refractivity contribution in [2.45, 2.75) is 0 Å². The number of nitro groups is 1. The molecule has 0 amide bonds. The zero-order chi connectivity index (χ0) is 15.5. The molecule has 0 spiro atoms. The molecule has 0 radical (unpaired) electrons.